The molecule has 0 spiro atoms. The molecule has 5 aromatic rings. The fourth-order valence-electron chi connectivity index (χ4n) is 4.72. The van der Waals surface area contributed by atoms with Crippen LogP contribution in [0.15, 0.2) is 120 Å². The molecule has 0 saturated carbocycles. The van der Waals surface area contributed by atoms with Crippen LogP contribution in [0, 0.1) is 23.3 Å². The standard InChI is InChI=1S/C37H23ClF7N3O3S/c38-25-14-8-7-13-22(25)19-26(47-34(49)21-11-5-2-6-12-21)35(50)46-23-15-17-24(18-16-23)52-33(20-9-3-1-4-10-20)36(51)48-32-30(41)28(39)27(37(43,44)45)29(40)31(32)42/h1-19,33H,(H,46,50)(H,47,49)(H,48,51)/b26-19-. The monoisotopic (exact) mass is 757 g/mol. The van der Waals surface area contributed by atoms with Crippen molar-refractivity contribution in [3.8, 4) is 0 Å². The lowest BCUT2D eigenvalue weighted by atomic mass is 10.1. The maximum absolute atomic E-state index is 14.6. The Morgan fingerprint density at radius 2 is 1.25 bits per heavy atom. The average Bonchev–Trinajstić information content (AvgIpc) is 3.13. The molecule has 5 aromatic carbocycles. The van der Waals surface area contributed by atoms with E-state index in [9.17, 15) is 45.1 Å². The van der Waals surface area contributed by atoms with Crippen molar-refractivity contribution in [2.24, 2.45) is 0 Å². The summed E-state index contributed by atoms with van der Waals surface area (Å²) in [6.07, 6.45) is -4.36. The molecule has 1 atom stereocenters. The molecule has 0 aliphatic heterocycles. The Labute approximate surface area is 300 Å². The van der Waals surface area contributed by atoms with Crippen LogP contribution < -0.4 is 16.0 Å². The summed E-state index contributed by atoms with van der Waals surface area (Å²) in [5.74, 6) is -12.8. The van der Waals surface area contributed by atoms with E-state index in [1.54, 1.807) is 66.0 Å². The van der Waals surface area contributed by atoms with Gasteiger partial charge in [0.1, 0.15) is 22.2 Å². The van der Waals surface area contributed by atoms with E-state index < -0.39 is 63.7 Å². The third kappa shape index (κ3) is 8.82. The summed E-state index contributed by atoms with van der Waals surface area (Å²) in [5, 5.41) is 5.92. The number of hydrogen-bond donors (Lipinski definition) is 3. The highest BCUT2D eigenvalue weighted by Crippen LogP contribution is 2.40. The first-order chi connectivity index (χ1) is 24.7. The van der Waals surface area contributed by atoms with Crippen LogP contribution in [0.25, 0.3) is 6.08 Å². The average molecular weight is 758 g/mol. The number of amides is 3. The topological polar surface area (TPSA) is 87.3 Å². The van der Waals surface area contributed by atoms with Crippen LogP contribution in [0.3, 0.4) is 0 Å². The van der Waals surface area contributed by atoms with E-state index in [0.29, 0.717) is 15.5 Å². The molecule has 0 radical (unpaired) electrons. The van der Waals surface area contributed by atoms with E-state index in [1.165, 1.54) is 54.6 Å². The van der Waals surface area contributed by atoms with Gasteiger partial charge in [0.15, 0.2) is 23.3 Å². The normalized spacial score (nSPS) is 12.2. The first kappa shape index (κ1) is 37.7. The van der Waals surface area contributed by atoms with Crippen LogP contribution in [-0.2, 0) is 15.8 Å². The number of carbonyl (C=O) groups is 3. The Balaban J connectivity index is 1.37. The molecule has 0 aliphatic carbocycles. The largest absolute Gasteiger partial charge is 0.422 e. The molecule has 3 N–H and O–H groups in total. The van der Waals surface area contributed by atoms with Crippen LogP contribution in [-0.4, -0.2) is 17.7 Å². The molecule has 0 aliphatic rings. The van der Waals surface area contributed by atoms with Crippen molar-refractivity contribution in [3.63, 3.8) is 0 Å². The van der Waals surface area contributed by atoms with Gasteiger partial charge in [0.2, 0.25) is 5.91 Å². The molecule has 5 rings (SSSR count). The molecule has 1 unspecified atom stereocenters. The third-order valence-electron chi connectivity index (χ3n) is 7.24. The number of halogens is 8. The Kier molecular flexibility index (Phi) is 11.7. The van der Waals surface area contributed by atoms with E-state index in [1.807, 2.05) is 0 Å². The van der Waals surface area contributed by atoms with E-state index >= 15 is 0 Å². The fraction of sp³-hybridized carbons (Fsp3) is 0.0541. The summed E-state index contributed by atoms with van der Waals surface area (Å²) >= 11 is 7.10. The number of nitrogens with one attached hydrogen (secondary N) is 3. The Hall–Kier alpha value is -5.60. The number of alkyl halides is 3. The van der Waals surface area contributed by atoms with Gasteiger partial charge >= 0.3 is 6.18 Å². The lowest BCUT2D eigenvalue weighted by Crippen LogP contribution is -2.30. The Morgan fingerprint density at radius 1 is 0.692 bits per heavy atom. The smallest absolute Gasteiger partial charge is 0.321 e. The number of thioether (sulfide) groups is 1. The van der Waals surface area contributed by atoms with Crippen molar-refractivity contribution in [2.75, 3.05) is 10.6 Å². The molecule has 0 bridgehead atoms. The van der Waals surface area contributed by atoms with Gasteiger partial charge in [0.25, 0.3) is 11.8 Å². The highest BCUT2D eigenvalue weighted by Gasteiger charge is 2.43. The molecule has 3 amide bonds. The van der Waals surface area contributed by atoms with Gasteiger partial charge in [-0.2, -0.15) is 13.2 Å². The molecule has 0 fully saturated rings. The molecule has 6 nitrogen and oxygen atoms in total. The number of rotatable bonds is 10. The predicted octanol–water partition coefficient (Wildman–Crippen LogP) is 9.80. The van der Waals surface area contributed by atoms with Crippen molar-refractivity contribution >= 4 is 58.5 Å². The molecule has 0 saturated heterocycles. The maximum Gasteiger partial charge on any atom is 0.422 e. The predicted molar refractivity (Wildman–Crippen MR) is 183 cm³/mol. The third-order valence-corrected chi connectivity index (χ3v) is 8.85. The van der Waals surface area contributed by atoms with Gasteiger partial charge in [-0.05, 0) is 59.7 Å². The second-order valence-electron chi connectivity index (χ2n) is 10.8. The summed E-state index contributed by atoms with van der Waals surface area (Å²) in [7, 11) is 0. The Morgan fingerprint density at radius 3 is 1.83 bits per heavy atom. The lowest BCUT2D eigenvalue weighted by Gasteiger charge is -2.19. The molecule has 0 heterocycles. The van der Waals surface area contributed by atoms with Gasteiger partial charge < -0.3 is 16.0 Å². The molecular weight excluding hydrogens is 735 g/mol. The fourth-order valence-corrected chi connectivity index (χ4v) is 5.94. The first-order valence-corrected chi connectivity index (χ1v) is 16.2. The van der Waals surface area contributed by atoms with Gasteiger partial charge in [-0.3, -0.25) is 14.4 Å². The number of hydrogen-bond acceptors (Lipinski definition) is 4. The zero-order chi connectivity index (χ0) is 37.6. The highest BCUT2D eigenvalue weighted by molar-refractivity contribution is 8.00. The summed E-state index contributed by atoms with van der Waals surface area (Å²) in [5.41, 5.74) is -3.40. The summed E-state index contributed by atoms with van der Waals surface area (Å²) in [6, 6.07) is 28.3. The molecule has 0 aromatic heterocycles. The van der Waals surface area contributed by atoms with E-state index in [-0.39, 0.29) is 22.5 Å². The van der Waals surface area contributed by atoms with Gasteiger partial charge in [0.05, 0.1) is 0 Å². The van der Waals surface area contributed by atoms with Gasteiger partial charge in [-0.25, -0.2) is 17.6 Å². The van der Waals surface area contributed by atoms with Crippen LogP contribution in [0.5, 0.6) is 0 Å². The molecule has 266 valence electrons. The number of benzene rings is 5. The minimum atomic E-state index is -5.75. The molecule has 52 heavy (non-hydrogen) atoms. The van der Waals surface area contributed by atoms with E-state index in [4.69, 9.17) is 11.6 Å². The van der Waals surface area contributed by atoms with Crippen LogP contribution >= 0.6 is 23.4 Å². The van der Waals surface area contributed by atoms with Gasteiger partial charge in [0, 0.05) is 21.2 Å². The summed E-state index contributed by atoms with van der Waals surface area (Å²) in [4.78, 5) is 40.0. The zero-order valence-corrected chi connectivity index (χ0v) is 27.8. The van der Waals surface area contributed by atoms with Gasteiger partial charge in [-0.1, -0.05) is 78.3 Å². The molecule has 15 heteroatoms. The maximum atomic E-state index is 14.6. The number of carbonyl (C=O) groups excluding carboxylic acids is 3. The van der Waals surface area contributed by atoms with E-state index in [2.05, 4.69) is 10.6 Å². The second-order valence-corrected chi connectivity index (χ2v) is 12.4. The van der Waals surface area contributed by atoms with Crippen molar-refractivity contribution in [1.29, 1.82) is 0 Å². The van der Waals surface area contributed by atoms with Crippen LogP contribution in [0.2, 0.25) is 5.02 Å². The summed E-state index contributed by atoms with van der Waals surface area (Å²) < 4.78 is 96.9. The molecular formula is C37H23ClF7N3O3S. The Bertz CT molecular complexity index is 2120. The first-order valence-electron chi connectivity index (χ1n) is 14.9. The minimum Gasteiger partial charge on any atom is -0.321 e. The minimum absolute atomic E-state index is 0.142. The highest BCUT2D eigenvalue weighted by atomic mass is 35.5. The van der Waals surface area contributed by atoms with Crippen LogP contribution in [0.1, 0.15) is 32.3 Å². The van der Waals surface area contributed by atoms with E-state index in [0.717, 1.165) is 11.8 Å². The zero-order valence-electron chi connectivity index (χ0n) is 26.2. The van der Waals surface area contributed by atoms with Crippen LogP contribution in [0.4, 0.5) is 42.1 Å². The second kappa shape index (κ2) is 16.2. The van der Waals surface area contributed by atoms with Crippen molar-refractivity contribution in [3.05, 3.63) is 165 Å². The van der Waals surface area contributed by atoms with Gasteiger partial charge in [-0.15, -0.1) is 11.8 Å². The van der Waals surface area contributed by atoms with Crippen molar-refractivity contribution in [2.45, 2.75) is 16.3 Å². The van der Waals surface area contributed by atoms with Crippen molar-refractivity contribution < 1.29 is 45.1 Å². The quantitative estimate of drug-likeness (QED) is 0.0573. The lowest BCUT2D eigenvalue weighted by molar-refractivity contribution is -0.143. The summed E-state index contributed by atoms with van der Waals surface area (Å²) in [6.45, 7) is 0. The van der Waals surface area contributed by atoms with Crippen molar-refractivity contribution in [1.82, 2.24) is 5.32 Å². The SMILES string of the molecule is O=C(Nc1ccc(SC(C(=O)Nc2c(F)c(F)c(C(F)(F)F)c(F)c2F)c2ccccc2)cc1)/C(=C/c1ccccc1Cl)NC(=O)c1ccccc1. The number of anilines is 2.